The molecular formula is C17H16Cl2FIN2O3. The topological polar surface area (TPSA) is 59.6 Å². The molecule has 0 aliphatic rings. The second-order valence-electron chi connectivity index (χ2n) is 5.04. The van der Waals surface area contributed by atoms with Crippen molar-refractivity contribution in [3.8, 4) is 0 Å². The molecule has 2 N–H and O–H groups in total. The van der Waals surface area contributed by atoms with Crippen molar-refractivity contribution >= 4 is 63.1 Å². The summed E-state index contributed by atoms with van der Waals surface area (Å²) < 4.78 is 19.9. The zero-order valence-electron chi connectivity index (χ0n) is 13.7. The number of hydroxylamine groups is 1. The van der Waals surface area contributed by atoms with Crippen LogP contribution in [0.4, 0.5) is 15.8 Å². The van der Waals surface area contributed by atoms with Crippen LogP contribution in [-0.2, 0) is 9.57 Å². The first-order valence-corrected chi connectivity index (χ1v) is 9.46. The molecule has 0 fully saturated rings. The maximum Gasteiger partial charge on any atom is 0.277 e. The maximum atomic E-state index is 13.9. The first-order valence-electron chi connectivity index (χ1n) is 7.63. The fourth-order valence-corrected chi connectivity index (χ4v) is 3.06. The highest BCUT2D eigenvalue weighted by atomic mass is 127. The average molecular weight is 513 g/mol. The van der Waals surface area contributed by atoms with Crippen LogP contribution in [0.15, 0.2) is 30.3 Å². The van der Waals surface area contributed by atoms with Crippen molar-refractivity contribution in [3.05, 3.63) is 55.3 Å². The molecule has 5 nitrogen and oxygen atoms in total. The van der Waals surface area contributed by atoms with Crippen molar-refractivity contribution in [1.29, 1.82) is 0 Å². The first-order chi connectivity index (χ1) is 12.4. The molecule has 0 saturated carbocycles. The fourth-order valence-electron chi connectivity index (χ4n) is 1.99. The lowest BCUT2D eigenvalue weighted by Gasteiger charge is -2.14. The zero-order chi connectivity index (χ0) is 19.1. The monoisotopic (exact) mass is 512 g/mol. The highest BCUT2D eigenvalue weighted by molar-refractivity contribution is 14.1. The summed E-state index contributed by atoms with van der Waals surface area (Å²) in [5.74, 6) is -1.24. The molecule has 2 aromatic rings. The van der Waals surface area contributed by atoms with E-state index in [9.17, 15) is 9.18 Å². The number of rotatable bonds is 8. The Bertz CT molecular complexity index is 793. The minimum Gasteiger partial charge on any atom is -0.379 e. The minimum absolute atomic E-state index is 0.113. The van der Waals surface area contributed by atoms with Crippen LogP contribution in [-0.4, -0.2) is 25.7 Å². The Kier molecular flexibility index (Phi) is 8.36. The molecule has 2 rings (SSSR count). The van der Waals surface area contributed by atoms with E-state index in [1.807, 2.05) is 13.0 Å². The van der Waals surface area contributed by atoms with Gasteiger partial charge in [0.05, 0.1) is 40.2 Å². The summed E-state index contributed by atoms with van der Waals surface area (Å²) >= 11 is 14.1. The Morgan fingerprint density at radius 2 is 1.92 bits per heavy atom. The SMILES string of the molecule is CCOCCONC(=O)c1cc(Cl)c(F)cc1Nc1ccc(I)cc1Cl. The predicted octanol–water partition coefficient (Wildman–Crippen LogP) is 5.18. The third kappa shape index (κ3) is 5.95. The predicted molar refractivity (Wildman–Crippen MR) is 109 cm³/mol. The van der Waals surface area contributed by atoms with Gasteiger partial charge in [-0.2, -0.15) is 0 Å². The summed E-state index contributed by atoms with van der Waals surface area (Å²) in [5, 5.41) is 3.21. The van der Waals surface area contributed by atoms with Gasteiger partial charge in [-0.05, 0) is 59.8 Å². The van der Waals surface area contributed by atoms with Gasteiger partial charge in [0, 0.05) is 10.2 Å². The largest absolute Gasteiger partial charge is 0.379 e. The Balaban J connectivity index is 2.20. The van der Waals surface area contributed by atoms with Gasteiger partial charge in [0.2, 0.25) is 0 Å². The molecule has 0 saturated heterocycles. The lowest BCUT2D eigenvalue weighted by molar-refractivity contribution is 0.00170. The number of ether oxygens (including phenoxy) is 1. The molecular weight excluding hydrogens is 497 g/mol. The van der Waals surface area contributed by atoms with E-state index in [4.69, 9.17) is 32.8 Å². The van der Waals surface area contributed by atoms with Gasteiger partial charge in [-0.15, -0.1) is 0 Å². The first kappa shape index (κ1) is 21.2. The molecule has 0 unspecified atom stereocenters. The van der Waals surface area contributed by atoms with Gasteiger partial charge in [-0.25, -0.2) is 9.87 Å². The van der Waals surface area contributed by atoms with Gasteiger partial charge in [-0.1, -0.05) is 23.2 Å². The number of nitrogens with one attached hydrogen (secondary N) is 2. The molecule has 0 heterocycles. The lowest BCUT2D eigenvalue weighted by atomic mass is 10.1. The second kappa shape index (κ2) is 10.3. The average Bonchev–Trinajstić information content (AvgIpc) is 2.60. The Morgan fingerprint density at radius 3 is 2.62 bits per heavy atom. The minimum atomic E-state index is -0.662. The van der Waals surface area contributed by atoms with E-state index in [1.54, 1.807) is 12.1 Å². The van der Waals surface area contributed by atoms with Crippen LogP contribution in [0.1, 0.15) is 17.3 Å². The number of hydrogen-bond donors (Lipinski definition) is 2. The van der Waals surface area contributed by atoms with Crippen molar-refractivity contribution in [2.24, 2.45) is 0 Å². The molecule has 0 atom stereocenters. The van der Waals surface area contributed by atoms with E-state index in [0.717, 1.165) is 9.64 Å². The Hall–Kier alpha value is -1.13. The fraction of sp³-hybridized carbons (Fsp3) is 0.235. The maximum absolute atomic E-state index is 13.9. The van der Waals surface area contributed by atoms with Crippen molar-refractivity contribution < 1.29 is 18.8 Å². The van der Waals surface area contributed by atoms with E-state index < -0.39 is 11.7 Å². The Morgan fingerprint density at radius 1 is 1.15 bits per heavy atom. The van der Waals surface area contributed by atoms with E-state index in [2.05, 4.69) is 33.4 Å². The van der Waals surface area contributed by atoms with E-state index in [0.29, 0.717) is 23.9 Å². The van der Waals surface area contributed by atoms with Gasteiger partial charge < -0.3 is 10.1 Å². The van der Waals surface area contributed by atoms with Crippen LogP contribution in [0.5, 0.6) is 0 Å². The number of benzene rings is 2. The molecule has 0 aromatic heterocycles. The van der Waals surface area contributed by atoms with E-state index in [1.165, 1.54) is 6.07 Å². The summed E-state index contributed by atoms with van der Waals surface area (Å²) in [6, 6.07) is 7.66. The molecule has 0 spiro atoms. The smallest absolute Gasteiger partial charge is 0.277 e. The molecule has 2 aromatic carbocycles. The summed E-state index contributed by atoms with van der Waals surface area (Å²) in [6.45, 7) is 2.92. The molecule has 9 heteroatoms. The highest BCUT2D eigenvalue weighted by Gasteiger charge is 2.17. The molecule has 0 bridgehead atoms. The van der Waals surface area contributed by atoms with E-state index in [-0.39, 0.29) is 22.9 Å². The van der Waals surface area contributed by atoms with Gasteiger partial charge in [0.25, 0.3) is 5.91 Å². The number of halogens is 4. The number of anilines is 2. The van der Waals surface area contributed by atoms with Crippen molar-refractivity contribution in [1.82, 2.24) is 5.48 Å². The highest BCUT2D eigenvalue weighted by Crippen LogP contribution is 2.31. The zero-order valence-corrected chi connectivity index (χ0v) is 17.4. The van der Waals surface area contributed by atoms with Crippen LogP contribution in [0.3, 0.4) is 0 Å². The van der Waals surface area contributed by atoms with Gasteiger partial charge in [0.1, 0.15) is 5.82 Å². The Labute approximate surface area is 174 Å². The van der Waals surface area contributed by atoms with E-state index >= 15 is 0 Å². The molecule has 1 amide bonds. The summed E-state index contributed by atoms with van der Waals surface area (Å²) in [7, 11) is 0. The third-order valence-electron chi connectivity index (χ3n) is 3.20. The molecule has 26 heavy (non-hydrogen) atoms. The molecule has 0 aliphatic heterocycles. The lowest BCUT2D eigenvalue weighted by Crippen LogP contribution is -2.26. The molecule has 140 valence electrons. The van der Waals surface area contributed by atoms with Gasteiger partial charge in [-0.3, -0.25) is 9.63 Å². The molecule has 0 aliphatic carbocycles. The quantitative estimate of drug-likeness (QED) is 0.291. The third-order valence-corrected chi connectivity index (χ3v) is 4.48. The number of hydrogen-bond acceptors (Lipinski definition) is 4. The second-order valence-corrected chi connectivity index (χ2v) is 7.10. The van der Waals surface area contributed by atoms with Crippen molar-refractivity contribution in [2.75, 3.05) is 25.1 Å². The summed E-state index contributed by atoms with van der Waals surface area (Å²) in [6.07, 6.45) is 0. The van der Waals surface area contributed by atoms with Crippen LogP contribution < -0.4 is 10.8 Å². The number of amides is 1. The molecule has 0 radical (unpaired) electrons. The summed E-state index contributed by atoms with van der Waals surface area (Å²) in [4.78, 5) is 17.4. The van der Waals surface area contributed by atoms with Crippen LogP contribution >= 0.6 is 45.8 Å². The summed E-state index contributed by atoms with van der Waals surface area (Å²) in [5.41, 5.74) is 3.13. The van der Waals surface area contributed by atoms with Gasteiger partial charge >= 0.3 is 0 Å². The van der Waals surface area contributed by atoms with Crippen molar-refractivity contribution in [2.45, 2.75) is 6.92 Å². The van der Waals surface area contributed by atoms with Crippen molar-refractivity contribution in [3.63, 3.8) is 0 Å². The van der Waals surface area contributed by atoms with Gasteiger partial charge in [0.15, 0.2) is 0 Å². The standard InChI is InChI=1S/C17H16Cl2FIN2O3/c1-2-25-5-6-26-23-17(24)11-8-12(18)14(20)9-16(11)22-15-4-3-10(21)7-13(15)19/h3-4,7-9,22H,2,5-6H2,1H3,(H,23,24). The van der Waals surface area contributed by atoms with Crippen LogP contribution in [0.25, 0.3) is 0 Å². The number of carbonyl (C=O) groups excluding carboxylic acids is 1. The normalized spacial score (nSPS) is 10.7. The van der Waals surface area contributed by atoms with Crippen LogP contribution in [0, 0.1) is 9.39 Å². The van der Waals surface area contributed by atoms with Crippen LogP contribution in [0.2, 0.25) is 10.0 Å². The number of carbonyl (C=O) groups is 1.